The van der Waals surface area contributed by atoms with E-state index in [1.165, 1.54) is 17.9 Å². The molecule has 0 aliphatic carbocycles. The molecule has 1 aromatic heterocycles. The number of primary amides is 2. The first kappa shape index (κ1) is 21.0. The number of hydrogen-bond donors (Lipinski definition) is 4. The van der Waals surface area contributed by atoms with Crippen LogP contribution in [0.15, 0.2) is 16.0 Å². The molecule has 0 unspecified atom stereocenters. The van der Waals surface area contributed by atoms with Crippen LogP contribution in [-0.2, 0) is 9.59 Å². The maximum atomic E-state index is 12.3. The van der Waals surface area contributed by atoms with E-state index in [0.29, 0.717) is 9.91 Å². The molecule has 1 aromatic rings. The fraction of sp³-hybridized carbons (Fsp3) is 0.353. The summed E-state index contributed by atoms with van der Waals surface area (Å²) < 4.78 is 0. The lowest BCUT2D eigenvalue weighted by atomic mass is 9.79. The number of nitrogens with two attached hydrogens (primary N) is 2. The highest BCUT2D eigenvalue weighted by Crippen LogP contribution is 2.50. The van der Waals surface area contributed by atoms with Crippen LogP contribution >= 0.6 is 23.1 Å². The van der Waals surface area contributed by atoms with Crippen molar-refractivity contribution in [3.05, 3.63) is 31.6 Å². The van der Waals surface area contributed by atoms with Crippen LogP contribution < -0.4 is 11.5 Å². The zero-order valence-corrected chi connectivity index (χ0v) is 17.0. The molecule has 154 valence electrons. The van der Waals surface area contributed by atoms with Crippen molar-refractivity contribution in [2.45, 2.75) is 26.0 Å². The maximum absolute atomic E-state index is 12.3. The van der Waals surface area contributed by atoms with Crippen LogP contribution in [0.5, 0.6) is 0 Å². The van der Waals surface area contributed by atoms with Gasteiger partial charge < -0.3 is 26.6 Å². The van der Waals surface area contributed by atoms with Gasteiger partial charge in [-0.05, 0) is 18.4 Å². The third-order valence-electron chi connectivity index (χ3n) is 4.82. The molecule has 12 heteroatoms. The van der Waals surface area contributed by atoms with Crippen LogP contribution in [0.3, 0.4) is 0 Å². The minimum Gasteiger partial charge on any atom is -0.477 e. The number of aromatic nitrogens is 1. The Labute approximate surface area is 173 Å². The van der Waals surface area contributed by atoms with E-state index in [-0.39, 0.29) is 22.2 Å². The Morgan fingerprint density at radius 3 is 2.45 bits per heavy atom. The third-order valence-corrected chi connectivity index (χ3v) is 6.94. The number of thiazole rings is 1. The highest BCUT2D eigenvalue weighted by Gasteiger charge is 2.59. The first-order valence-electron chi connectivity index (χ1n) is 8.48. The van der Waals surface area contributed by atoms with Crippen molar-refractivity contribution >= 4 is 52.9 Å². The Balaban J connectivity index is 1.86. The van der Waals surface area contributed by atoms with Gasteiger partial charge in [-0.3, -0.25) is 14.4 Å². The van der Waals surface area contributed by atoms with Crippen LogP contribution in [0, 0.1) is 11.8 Å². The molecule has 2 aliphatic heterocycles. The third kappa shape index (κ3) is 3.43. The van der Waals surface area contributed by atoms with Crippen molar-refractivity contribution in [2.24, 2.45) is 23.3 Å². The number of aliphatic carboxylic acids is 1. The van der Waals surface area contributed by atoms with E-state index in [1.807, 2.05) is 0 Å². The normalized spacial score (nSPS) is 24.6. The molecule has 6 N–H and O–H groups in total. The monoisotopic (exact) mass is 438 g/mol. The second-order valence-electron chi connectivity index (χ2n) is 6.65. The number of nitrogens with zero attached hydrogens (tertiary/aromatic N) is 2. The SMILES string of the molecule is C[C@@H](O)[C@H]1C(=O)N2C(C(=O)O)=C(S/C=C\c3nc(C(N)=O)c(C(N)=O)s3)[C@H](C)[C@H]12. The minimum absolute atomic E-state index is 0.0589. The summed E-state index contributed by atoms with van der Waals surface area (Å²) in [5.41, 5.74) is 10.1. The number of hydrogen-bond acceptors (Lipinski definition) is 8. The Bertz CT molecular complexity index is 951. The lowest BCUT2D eigenvalue weighted by Gasteiger charge is -2.46. The van der Waals surface area contributed by atoms with Gasteiger partial charge in [0.2, 0.25) is 5.91 Å². The van der Waals surface area contributed by atoms with Gasteiger partial charge in [0.1, 0.15) is 15.6 Å². The smallest absolute Gasteiger partial charge is 0.353 e. The molecule has 3 rings (SSSR count). The topological polar surface area (TPSA) is 177 Å². The molecule has 3 heterocycles. The van der Waals surface area contributed by atoms with Gasteiger partial charge in [0.05, 0.1) is 18.1 Å². The summed E-state index contributed by atoms with van der Waals surface area (Å²) in [6, 6.07) is -0.410. The van der Waals surface area contributed by atoms with E-state index in [9.17, 15) is 29.4 Å². The molecule has 0 bridgehead atoms. The van der Waals surface area contributed by atoms with Crippen molar-refractivity contribution in [1.82, 2.24) is 9.88 Å². The summed E-state index contributed by atoms with van der Waals surface area (Å²) in [5.74, 6) is -4.27. The molecule has 0 radical (unpaired) electrons. The summed E-state index contributed by atoms with van der Waals surface area (Å²) >= 11 is 1.98. The zero-order chi connectivity index (χ0) is 21.6. The molecule has 1 saturated heterocycles. The van der Waals surface area contributed by atoms with Crippen molar-refractivity contribution in [2.75, 3.05) is 0 Å². The van der Waals surface area contributed by atoms with E-state index in [4.69, 9.17) is 11.5 Å². The van der Waals surface area contributed by atoms with Crippen LogP contribution in [0.25, 0.3) is 6.08 Å². The van der Waals surface area contributed by atoms with Gasteiger partial charge in [0.15, 0.2) is 5.69 Å². The Morgan fingerprint density at radius 2 is 1.97 bits per heavy atom. The molecule has 2 aliphatic rings. The number of carbonyl (C=O) groups excluding carboxylic acids is 3. The molecule has 4 atom stereocenters. The number of aliphatic hydroxyl groups excluding tert-OH is 1. The number of β-lactam (4-membered cyclic amide) rings is 1. The van der Waals surface area contributed by atoms with Gasteiger partial charge in [-0.15, -0.1) is 11.3 Å². The van der Waals surface area contributed by atoms with Gasteiger partial charge in [-0.1, -0.05) is 18.7 Å². The number of thioether (sulfide) groups is 1. The highest BCUT2D eigenvalue weighted by molar-refractivity contribution is 8.06. The van der Waals surface area contributed by atoms with E-state index < -0.39 is 41.8 Å². The number of carboxylic acids is 1. The van der Waals surface area contributed by atoms with Gasteiger partial charge in [-0.2, -0.15) is 0 Å². The van der Waals surface area contributed by atoms with Gasteiger partial charge in [0.25, 0.3) is 11.8 Å². The fourth-order valence-corrected chi connectivity index (χ4v) is 5.49. The number of fused-ring (bicyclic) bond motifs is 1. The van der Waals surface area contributed by atoms with E-state index >= 15 is 0 Å². The quantitative estimate of drug-likeness (QED) is 0.436. The predicted octanol–water partition coefficient (Wildman–Crippen LogP) is 0.198. The van der Waals surface area contributed by atoms with Crippen LogP contribution in [-0.4, -0.2) is 55.9 Å². The molecule has 0 aromatic carbocycles. The molecule has 0 saturated carbocycles. The first-order valence-corrected chi connectivity index (χ1v) is 10.2. The van der Waals surface area contributed by atoms with Crippen LogP contribution in [0.2, 0.25) is 0 Å². The molecule has 1 fully saturated rings. The molecule has 29 heavy (non-hydrogen) atoms. The molecular formula is C17H18N4O6S2. The van der Waals surface area contributed by atoms with Crippen molar-refractivity contribution in [3.8, 4) is 0 Å². The molecule has 3 amide bonds. The van der Waals surface area contributed by atoms with Crippen LogP contribution in [0.4, 0.5) is 0 Å². The molecular weight excluding hydrogens is 420 g/mol. The predicted molar refractivity (Wildman–Crippen MR) is 105 cm³/mol. The van der Waals surface area contributed by atoms with Crippen molar-refractivity contribution < 1.29 is 29.4 Å². The summed E-state index contributed by atoms with van der Waals surface area (Å²) in [7, 11) is 0. The summed E-state index contributed by atoms with van der Waals surface area (Å²) in [4.78, 5) is 52.4. The standard InChI is InChI=1S/C17H18N4O6S2/c1-5-10-8(6(2)22)16(25)21(10)11(17(26)27)12(5)28-4-3-7-20-9(14(18)23)13(29-7)15(19)24/h3-6,8,10,22H,1-2H3,(H2,18,23)(H2,19,24)(H,26,27)/b4-3-/t5-,6-,8-,10-/m1/s1. The fourth-order valence-electron chi connectivity index (χ4n) is 3.59. The number of rotatable bonds is 7. The second-order valence-corrected chi connectivity index (χ2v) is 8.63. The maximum Gasteiger partial charge on any atom is 0.353 e. The van der Waals surface area contributed by atoms with E-state index in [2.05, 4.69) is 4.98 Å². The highest BCUT2D eigenvalue weighted by atomic mass is 32.2. The summed E-state index contributed by atoms with van der Waals surface area (Å²) in [6.45, 7) is 3.30. The summed E-state index contributed by atoms with van der Waals surface area (Å²) in [6.07, 6.45) is 0.618. The van der Waals surface area contributed by atoms with Crippen molar-refractivity contribution in [3.63, 3.8) is 0 Å². The second kappa shape index (κ2) is 7.61. The Hall–Kier alpha value is -2.70. The molecule has 0 spiro atoms. The number of carbonyl (C=O) groups is 4. The lowest BCUT2D eigenvalue weighted by Crippen LogP contribution is -2.63. The largest absolute Gasteiger partial charge is 0.477 e. The van der Waals surface area contributed by atoms with E-state index in [1.54, 1.807) is 12.3 Å². The Kier molecular flexibility index (Phi) is 5.52. The molecule has 10 nitrogen and oxygen atoms in total. The first-order chi connectivity index (χ1) is 13.6. The minimum atomic E-state index is -1.23. The summed E-state index contributed by atoms with van der Waals surface area (Å²) in [5, 5.41) is 21.3. The Morgan fingerprint density at radius 1 is 1.31 bits per heavy atom. The number of carboxylic acid groups (broad SMARTS) is 1. The zero-order valence-electron chi connectivity index (χ0n) is 15.4. The van der Waals surface area contributed by atoms with Gasteiger partial charge in [0, 0.05) is 10.8 Å². The number of amides is 3. The average molecular weight is 438 g/mol. The average Bonchev–Trinajstić information content (AvgIpc) is 3.14. The number of aliphatic hydroxyl groups is 1. The van der Waals surface area contributed by atoms with E-state index in [0.717, 1.165) is 23.1 Å². The van der Waals surface area contributed by atoms with Gasteiger partial charge >= 0.3 is 5.97 Å². The van der Waals surface area contributed by atoms with Crippen molar-refractivity contribution in [1.29, 1.82) is 0 Å². The van der Waals surface area contributed by atoms with Crippen LogP contribution in [0.1, 0.15) is 39.0 Å². The lowest BCUT2D eigenvalue weighted by molar-refractivity contribution is -0.163. The van der Waals surface area contributed by atoms with Gasteiger partial charge in [-0.25, -0.2) is 9.78 Å².